The minimum atomic E-state index is -0.242. The fraction of sp³-hybridized carbons (Fsp3) is 0.0667. The summed E-state index contributed by atoms with van der Waals surface area (Å²) in [6.07, 6.45) is 0. The minimum absolute atomic E-state index is 0.242. The van der Waals surface area contributed by atoms with E-state index in [4.69, 9.17) is 0 Å². The lowest BCUT2D eigenvalue weighted by atomic mass is 10.2. The highest BCUT2D eigenvalue weighted by molar-refractivity contribution is 9.10. The molecule has 0 radical (unpaired) electrons. The van der Waals surface area contributed by atoms with Gasteiger partial charge in [-0.3, -0.25) is 0 Å². The first-order valence-electron chi connectivity index (χ1n) is 5.88. The summed E-state index contributed by atoms with van der Waals surface area (Å²) in [5.41, 5.74) is 1.72. The summed E-state index contributed by atoms with van der Waals surface area (Å²) >= 11 is 4.97. The van der Waals surface area contributed by atoms with Gasteiger partial charge >= 0.3 is 0 Å². The van der Waals surface area contributed by atoms with Crippen LogP contribution in [0.15, 0.2) is 52.3 Å². The van der Waals surface area contributed by atoms with E-state index in [0.717, 1.165) is 4.47 Å². The van der Waals surface area contributed by atoms with Crippen molar-refractivity contribution in [2.45, 2.75) is 6.54 Å². The maximum Gasteiger partial charge on any atom is 0.147 e. The smallest absolute Gasteiger partial charge is 0.147 e. The first kappa shape index (κ1) is 12.6. The van der Waals surface area contributed by atoms with Crippen LogP contribution in [0.1, 0.15) is 5.56 Å². The van der Waals surface area contributed by atoms with Crippen molar-refractivity contribution in [3.8, 4) is 0 Å². The summed E-state index contributed by atoms with van der Waals surface area (Å²) < 4.78 is 15.7. The quantitative estimate of drug-likeness (QED) is 0.674. The molecule has 4 heteroatoms. The molecular weight excluding hydrogens is 325 g/mol. The van der Waals surface area contributed by atoms with Crippen molar-refractivity contribution in [2.24, 2.45) is 0 Å². The third-order valence-corrected chi connectivity index (χ3v) is 4.47. The molecule has 1 N–H and O–H groups in total. The number of hydrogen-bond acceptors (Lipinski definition) is 2. The van der Waals surface area contributed by atoms with E-state index in [1.54, 1.807) is 17.4 Å². The molecule has 0 atom stereocenters. The standard InChI is InChI=1S/C15H11BrFNS/c16-11-5-6-14(13(17)7-11)18-8-10-9-19-15-4-2-1-3-12(10)15/h1-7,9,18H,8H2. The first-order chi connectivity index (χ1) is 9.24. The van der Waals surface area contributed by atoms with Gasteiger partial charge in [0.1, 0.15) is 5.82 Å². The Morgan fingerprint density at radius 3 is 2.84 bits per heavy atom. The number of halogens is 2. The molecule has 0 aliphatic carbocycles. The number of thiophene rings is 1. The van der Waals surface area contributed by atoms with E-state index in [1.165, 1.54) is 21.7 Å². The summed E-state index contributed by atoms with van der Waals surface area (Å²) in [5.74, 6) is -0.242. The maximum atomic E-state index is 13.7. The van der Waals surface area contributed by atoms with Crippen LogP contribution in [-0.4, -0.2) is 0 Å². The molecule has 1 nitrogen and oxygen atoms in total. The van der Waals surface area contributed by atoms with E-state index in [9.17, 15) is 4.39 Å². The lowest BCUT2D eigenvalue weighted by Gasteiger charge is -2.07. The molecular formula is C15H11BrFNS. The second kappa shape index (κ2) is 5.31. The van der Waals surface area contributed by atoms with Gasteiger partial charge in [0.05, 0.1) is 5.69 Å². The monoisotopic (exact) mass is 335 g/mol. The molecule has 0 aliphatic heterocycles. The fourth-order valence-corrected chi connectivity index (χ4v) is 3.29. The Bertz CT molecular complexity index is 723. The van der Waals surface area contributed by atoms with Crippen molar-refractivity contribution in [3.05, 3.63) is 63.7 Å². The zero-order chi connectivity index (χ0) is 13.2. The molecule has 3 aromatic rings. The van der Waals surface area contributed by atoms with E-state index in [0.29, 0.717) is 12.2 Å². The first-order valence-corrected chi connectivity index (χ1v) is 7.55. The summed E-state index contributed by atoms with van der Waals surface area (Å²) in [5, 5.41) is 6.50. The Balaban J connectivity index is 1.82. The lowest BCUT2D eigenvalue weighted by Crippen LogP contribution is -2.00. The highest BCUT2D eigenvalue weighted by Gasteiger charge is 2.05. The molecule has 19 heavy (non-hydrogen) atoms. The second-order valence-corrected chi connectivity index (χ2v) is 6.06. The van der Waals surface area contributed by atoms with Crippen LogP contribution in [-0.2, 0) is 6.54 Å². The van der Waals surface area contributed by atoms with Crippen molar-refractivity contribution in [1.82, 2.24) is 0 Å². The Morgan fingerprint density at radius 2 is 2.00 bits per heavy atom. The zero-order valence-electron chi connectivity index (χ0n) is 9.99. The summed E-state index contributed by atoms with van der Waals surface area (Å²) in [4.78, 5) is 0. The normalized spacial score (nSPS) is 10.8. The average molecular weight is 336 g/mol. The van der Waals surface area contributed by atoms with Crippen molar-refractivity contribution < 1.29 is 4.39 Å². The van der Waals surface area contributed by atoms with Crippen LogP contribution >= 0.6 is 27.3 Å². The van der Waals surface area contributed by atoms with Crippen LogP contribution in [0.2, 0.25) is 0 Å². The van der Waals surface area contributed by atoms with Crippen molar-refractivity contribution in [2.75, 3.05) is 5.32 Å². The number of anilines is 1. The predicted molar refractivity (Wildman–Crippen MR) is 83.3 cm³/mol. The highest BCUT2D eigenvalue weighted by Crippen LogP contribution is 2.27. The number of rotatable bonds is 3. The SMILES string of the molecule is Fc1cc(Br)ccc1NCc1csc2ccccc12. The third kappa shape index (κ3) is 2.65. The molecule has 0 aliphatic rings. The van der Waals surface area contributed by atoms with Crippen LogP contribution < -0.4 is 5.32 Å². The molecule has 1 heterocycles. The maximum absolute atomic E-state index is 13.7. The number of fused-ring (bicyclic) bond motifs is 1. The predicted octanol–water partition coefficient (Wildman–Crippen LogP) is 5.42. The molecule has 0 spiro atoms. The van der Waals surface area contributed by atoms with E-state index in [2.05, 4.69) is 38.8 Å². The van der Waals surface area contributed by atoms with Crippen LogP contribution in [0.5, 0.6) is 0 Å². The molecule has 96 valence electrons. The van der Waals surface area contributed by atoms with Crippen molar-refractivity contribution >= 4 is 43.0 Å². The van der Waals surface area contributed by atoms with Crippen LogP contribution in [0.3, 0.4) is 0 Å². The van der Waals surface area contributed by atoms with Crippen LogP contribution in [0, 0.1) is 5.82 Å². The average Bonchev–Trinajstić information content (AvgIpc) is 2.81. The van der Waals surface area contributed by atoms with E-state index in [1.807, 2.05) is 18.2 Å². The minimum Gasteiger partial charge on any atom is -0.379 e. The van der Waals surface area contributed by atoms with Gasteiger partial charge in [-0.1, -0.05) is 34.1 Å². The van der Waals surface area contributed by atoms with Gasteiger partial charge in [0, 0.05) is 15.7 Å². The Labute approximate surface area is 123 Å². The second-order valence-electron chi connectivity index (χ2n) is 4.23. The van der Waals surface area contributed by atoms with Crippen molar-refractivity contribution in [3.63, 3.8) is 0 Å². The van der Waals surface area contributed by atoms with Gasteiger partial charge in [0.15, 0.2) is 0 Å². The molecule has 2 aromatic carbocycles. The highest BCUT2D eigenvalue weighted by atomic mass is 79.9. The van der Waals surface area contributed by atoms with Gasteiger partial charge in [0.2, 0.25) is 0 Å². The van der Waals surface area contributed by atoms with Crippen molar-refractivity contribution in [1.29, 1.82) is 0 Å². The van der Waals surface area contributed by atoms with Gasteiger partial charge in [-0.15, -0.1) is 11.3 Å². The Hall–Kier alpha value is -1.39. The molecule has 0 fully saturated rings. The molecule has 3 rings (SSSR count). The third-order valence-electron chi connectivity index (χ3n) is 2.96. The number of nitrogens with one attached hydrogen (secondary N) is 1. The summed E-state index contributed by atoms with van der Waals surface area (Å²) in [6, 6.07) is 13.3. The molecule has 0 saturated carbocycles. The summed E-state index contributed by atoms with van der Waals surface area (Å²) in [6.45, 7) is 0.628. The molecule has 0 bridgehead atoms. The van der Waals surface area contributed by atoms with Crippen LogP contribution in [0.4, 0.5) is 10.1 Å². The van der Waals surface area contributed by atoms with E-state index >= 15 is 0 Å². The number of benzene rings is 2. The van der Waals surface area contributed by atoms with Gasteiger partial charge < -0.3 is 5.32 Å². The Morgan fingerprint density at radius 1 is 1.16 bits per heavy atom. The fourth-order valence-electron chi connectivity index (χ4n) is 1.99. The summed E-state index contributed by atoms with van der Waals surface area (Å²) in [7, 11) is 0. The zero-order valence-corrected chi connectivity index (χ0v) is 12.4. The van der Waals surface area contributed by atoms with E-state index in [-0.39, 0.29) is 5.82 Å². The van der Waals surface area contributed by atoms with Crippen LogP contribution in [0.25, 0.3) is 10.1 Å². The molecule has 0 amide bonds. The molecule has 0 saturated heterocycles. The van der Waals surface area contributed by atoms with Gasteiger partial charge in [-0.25, -0.2) is 4.39 Å². The van der Waals surface area contributed by atoms with Gasteiger partial charge in [-0.2, -0.15) is 0 Å². The largest absolute Gasteiger partial charge is 0.379 e. The van der Waals surface area contributed by atoms with E-state index < -0.39 is 0 Å². The van der Waals surface area contributed by atoms with Gasteiger partial charge in [0.25, 0.3) is 0 Å². The number of hydrogen-bond donors (Lipinski definition) is 1. The topological polar surface area (TPSA) is 12.0 Å². The Kier molecular flexibility index (Phi) is 3.53. The molecule has 0 unspecified atom stereocenters. The van der Waals surface area contributed by atoms with Gasteiger partial charge in [-0.05, 0) is 40.6 Å². The molecule has 1 aromatic heterocycles. The lowest BCUT2D eigenvalue weighted by molar-refractivity contribution is 0.629.